The first-order valence-corrected chi connectivity index (χ1v) is 6.30. The van der Waals surface area contributed by atoms with Gasteiger partial charge in [-0.15, -0.1) is 11.3 Å². The van der Waals surface area contributed by atoms with Crippen molar-refractivity contribution in [2.24, 2.45) is 0 Å². The van der Waals surface area contributed by atoms with E-state index in [-0.39, 0.29) is 5.91 Å². The molecule has 0 spiro atoms. The average molecular weight is 262 g/mol. The van der Waals surface area contributed by atoms with Gasteiger partial charge in [-0.2, -0.15) is 0 Å². The summed E-state index contributed by atoms with van der Waals surface area (Å²) in [6.07, 6.45) is 1.72. The van der Waals surface area contributed by atoms with Gasteiger partial charge in [-0.3, -0.25) is 4.79 Å². The van der Waals surface area contributed by atoms with Crippen molar-refractivity contribution < 1.29 is 4.79 Å². The molecule has 1 N–H and O–H groups in total. The number of nitrogens with one attached hydrogen (secondary N) is 1. The van der Waals surface area contributed by atoms with Gasteiger partial charge < -0.3 is 10.2 Å². The van der Waals surface area contributed by atoms with Crippen LogP contribution in [0.25, 0.3) is 0 Å². The second-order valence-corrected chi connectivity index (χ2v) is 4.87. The first kappa shape index (κ1) is 12.5. The number of anilines is 2. The van der Waals surface area contributed by atoms with Crippen molar-refractivity contribution in [3.05, 3.63) is 34.4 Å². The van der Waals surface area contributed by atoms with Crippen LogP contribution in [0.15, 0.2) is 23.8 Å². The maximum Gasteiger partial charge on any atom is 0.268 e. The molecule has 0 atom stereocenters. The zero-order valence-electron chi connectivity index (χ0n) is 10.5. The van der Waals surface area contributed by atoms with Gasteiger partial charge in [0.05, 0.1) is 23.1 Å². The van der Waals surface area contributed by atoms with E-state index in [1.165, 1.54) is 11.3 Å². The lowest BCUT2D eigenvalue weighted by molar-refractivity contribution is 0.102. The van der Waals surface area contributed by atoms with Crippen LogP contribution in [-0.2, 0) is 0 Å². The minimum absolute atomic E-state index is 0.167. The highest BCUT2D eigenvalue weighted by molar-refractivity contribution is 7.12. The van der Waals surface area contributed by atoms with Crippen molar-refractivity contribution in [2.75, 3.05) is 24.3 Å². The Hall–Kier alpha value is -1.95. The van der Waals surface area contributed by atoms with Crippen molar-refractivity contribution in [1.29, 1.82) is 0 Å². The van der Waals surface area contributed by atoms with Gasteiger partial charge in [0.1, 0.15) is 10.7 Å². The number of aromatic nitrogens is 2. The van der Waals surface area contributed by atoms with Gasteiger partial charge in [0, 0.05) is 14.1 Å². The molecule has 94 valence electrons. The second kappa shape index (κ2) is 5.14. The van der Waals surface area contributed by atoms with Gasteiger partial charge in [-0.25, -0.2) is 9.97 Å². The summed E-state index contributed by atoms with van der Waals surface area (Å²) in [5.41, 5.74) is 3.39. The fourth-order valence-electron chi connectivity index (χ4n) is 1.42. The van der Waals surface area contributed by atoms with Gasteiger partial charge in [0.2, 0.25) is 0 Å². The molecule has 2 aromatic heterocycles. The Morgan fingerprint density at radius 2 is 2.11 bits per heavy atom. The molecule has 0 aliphatic rings. The summed E-state index contributed by atoms with van der Waals surface area (Å²) in [6, 6.07) is 3.69. The summed E-state index contributed by atoms with van der Waals surface area (Å²) in [5.74, 6) is 0.374. The molecule has 1 amide bonds. The van der Waals surface area contributed by atoms with E-state index in [2.05, 4.69) is 15.3 Å². The Bertz CT molecular complexity index is 547. The summed E-state index contributed by atoms with van der Waals surface area (Å²) < 4.78 is 0. The molecule has 0 aliphatic heterocycles. The molecular weight excluding hydrogens is 248 g/mol. The first-order chi connectivity index (χ1) is 8.58. The van der Waals surface area contributed by atoms with E-state index >= 15 is 0 Å². The van der Waals surface area contributed by atoms with E-state index in [9.17, 15) is 4.79 Å². The molecule has 6 heteroatoms. The van der Waals surface area contributed by atoms with E-state index < -0.39 is 0 Å². The number of pyridine rings is 1. The summed E-state index contributed by atoms with van der Waals surface area (Å²) in [6.45, 7) is 1.81. The Morgan fingerprint density at radius 1 is 1.33 bits per heavy atom. The number of carbonyl (C=O) groups is 1. The monoisotopic (exact) mass is 262 g/mol. The number of hydrogen-bond donors (Lipinski definition) is 1. The number of carbonyl (C=O) groups excluding carboxylic acids is 1. The van der Waals surface area contributed by atoms with Crippen molar-refractivity contribution in [3.63, 3.8) is 0 Å². The van der Waals surface area contributed by atoms with E-state index in [0.29, 0.717) is 10.7 Å². The highest BCUT2D eigenvalue weighted by atomic mass is 32.1. The van der Waals surface area contributed by atoms with Crippen LogP contribution in [0.3, 0.4) is 0 Å². The number of amides is 1. The van der Waals surface area contributed by atoms with Crippen LogP contribution in [-0.4, -0.2) is 30.0 Å². The molecule has 18 heavy (non-hydrogen) atoms. The van der Waals surface area contributed by atoms with Crippen LogP contribution in [0.5, 0.6) is 0 Å². The van der Waals surface area contributed by atoms with Crippen LogP contribution in [0.1, 0.15) is 15.4 Å². The Labute approximate surface area is 109 Å². The lowest BCUT2D eigenvalue weighted by Gasteiger charge is -2.12. The van der Waals surface area contributed by atoms with Gasteiger partial charge in [-0.05, 0) is 19.1 Å². The molecule has 0 saturated heterocycles. The molecule has 2 heterocycles. The van der Waals surface area contributed by atoms with Crippen LogP contribution >= 0.6 is 11.3 Å². The smallest absolute Gasteiger partial charge is 0.268 e. The minimum Gasteiger partial charge on any atom is -0.376 e. The number of thiazole rings is 1. The summed E-state index contributed by atoms with van der Waals surface area (Å²) in [4.78, 5) is 22.7. The maximum atomic E-state index is 11.9. The largest absolute Gasteiger partial charge is 0.376 e. The molecule has 2 rings (SSSR count). The third-order valence-electron chi connectivity index (χ3n) is 2.46. The summed E-state index contributed by atoms with van der Waals surface area (Å²) >= 11 is 1.33. The van der Waals surface area contributed by atoms with E-state index in [1.54, 1.807) is 17.8 Å². The predicted octanol–water partition coefficient (Wildman–Crippen LogP) is 2.16. The molecule has 2 aromatic rings. The quantitative estimate of drug-likeness (QED) is 0.921. The zero-order chi connectivity index (χ0) is 13.1. The van der Waals surface area contributed by atoms with E-state index in [4.69, 9.17) is 0 Å². The molecule has 0 radical (unpaired) electrons. The molecule has 0 aliphatic carbocycles. The second-order valence-electron chi connectivity index (χ2n) is 4.02. The molecular formula is C12H14N4OS. The lowest BCUT2D eigenvalue weighted by atomic mass is 10.3. The fraction of sp³-hybridized carbons (Fsp3) is 0.250. The Balaban J connectivity index is 2.10. The zero-order valence-corrected chi connectivity index (χ0v) is 11.3. The van der Waals surface area contributed by atoms with E-state index in [0.717, 1.165) is 11.4 Å². The fourth-order valence-corrected chi connectivity index (χ4v) is 2.12. The third-order valence-corrected chi connectivity index (χ3v) is 3.38. The number of nitrogens with zero attached hydrogens (tertiary/aromatic N) is 3. The number of rotatable bonds is 3. The number of aryl methyl sites for hydroxylation is 1. The summed E-state index contributed by atoms with van der Waals surface area (Å²) in [7, 11) is 3.88. The third kappa shape index (κ3) is 2.65. The van der Waals surface area contributed by atoms with Crippen LogP contribution in [0, 0.1) is 6.92 Å². The van der Waals surface area contributed by atoms with Crippen molar-refractivity contribution in [1.82, 2.24) is 9.97 Å². The van der Waals surface area contributed by atoms with Crippen LogP contribution in [0.2, 0.25) is 0 Å². The molecule has 0 unspecified atom stereocenters. The number of hydrogen-bond acceptors (Lipinski definition) is 5. The van der Waals surface area contributed by atoms with Crippen LogP contribution < -0.4 is 10.2 Å². The van der Waals surface area contributed by atoms with E-state index in [1.807, 2.05) is 32.0 Å². The van der Waals surface area contributed by atoms with Crippen molar-refractivity contribution >= 4 is 28.7 Å². The maximum absolute atomic E-state index is 11.9. The molecule has 0 aromatic carbocycles. The van der Waals surface area contributed by atoms with Gasteiger partial charge >= 0.3 is 0 Å². The van der Waals surface area contributed by atoms with Crippen molar-refractivity contribution in [3.8, 4) is 0 Å². The Morgan fingerprint density at radius 3 is 2.61 bits per heavy atom. The van der Waals surface area contributed by atoms with Gasteiger partial charge in [0.25, 0.3) is 5.91 Å². The average Bonchev–Trinajstić information content (AvgIpc) is 2.76. The Kier molecular flexibility index (Phi) is 3.57. The molecule has 0 fully saturated rings. The highest BCUT2D eigenvalue weighted by Gasteiger charge is 2.12. The topological polar surface area (TPSA) is 58.1 Å². The van der Waals surface area contributed by atoms with Crippen molar-refractivity contribution in [2.45, 2.75) is 6.92 Å². The SMILES string of the molecule is Cc1ncsc1C(=O)Nc1ccc(N(C)C)cn1. The van der Waals surface area contributed by atoms with Gasteiger partial charge in [-0.1, -0.05) is 0 Å². The molecule has 0 bridgehead atoms. The summed E-state index contributed by atoms with van der Waals surface area (Å²) in [5, 5.41) is 2.75. The first-order valence-electron chi connectivity index (χ1n) is 5.42. The van der Waals surface area contributed by atoms with Gasteiger partial charge in [0.15, 0.2) is 0 Å². The molecule has 0 saturated carbocycles. The minimum atomic E-state index is -0.167. The standard InChI is InChI=1S/C12H14N4OS/c1-8-11(18-7-14-8)12(17)15-10-5-4-9(6-13-10)16(2)3/h4-7H,1-3H3,(H,13,15,17). The predicted molar refractivity (Wildman–Crippen MR) is 73.4 cm³/mol. The normalized spacial score (nSPS) is 10.2. The molecule has 5 nitrogen and oxygen atoms in total. The van der Waals surface area contributed by atoms with Crippen LogP contribution in [0.4, 0.5) is 11.5 Å². The highest BCUT2D eigenvalue weighted by Crippen LogP contribution is 2.16. The lowest BCUT2D eigenvalue weighted by Crippen LogP contribution is -2.13.